The number of hydrogen-bond acceptors (Lipinski definition) is 3. The number of anilines is 1. The van der Waals surface area contributed by atoms with Crippen LogP contribution in [0.2, 0.25) is 0 Å². The molecule has 0 atom stereocenters. The van der Waals surface area contributed by atoms with Gasteiger partial charge in [0.15, 0.2) is 0 Å². The molecule has 0 bridgehead atoms. The Morgan fingerprint density at radius 1 is 1.16 bits per heavy atom. The van der Waals surface area contributed by atoms with E-state index in [1.165, 1.54) is 15.8 Å². The Labute approximate surface area is 115 Å². The molecule has 0 radical (unpaired) electrons. The lowest BCUT2D eigenvalue weighted by atomic mass is 10.3. The maximum absolute atomic E-state index is 12.3. The molecule has 1 N–H and O–H groups in total. The number of hydrogen-bond donors (Lipinski definition) is 1. The first-order valence-corrected chi connectivity index (χ1v) is 6.86. The van der Waals surface area contributed by atoms with E-state index in [0.717, 1.165) is 6.42 Å². The second-order valence-electron chi connectivity index (χ2n) is 3.95. The molecule has 0 aliphatic heterocycles. The molecule has 2 rings (SSSR count). The van der Waals surface area contributed by atoms with Crippen molar-refractivity contribution in [2.45, 2.75) is 26.5 Å². The first-order chi connectivity index (χ1) is 9.19. The van der Waals surface area contributed by atoms with Crippen LogP contribution in [0.25, 0.3) is 0 Å². The van der Waals surface area contributed by atoms with Gasteiger partial charge in [0.05, 0.1) is 5.69 Å². The normalized spacial score (nSPS) is 10.7. The molecule has 1 heterocycles. The molecule has 0 amide bonds. The molecule has 0 saturated carbocycles. The number of thiophene rings is 1. The Morgan fingerprint density at radius 2 is 1.89 bits per heavy atom. The molecule has 1 aromatic carbocycles. The van der Waals surface area contributed by atoms with Gasteiger partial charge in [0, 0.05) is 16.3 Å². The number of rotatable bonds is 6. The molecule has 0 fully saturated rings. The summed E-state index contributed by atoms with van der Waals surface area (Å²) in [5.74, 6) is 0.171. The molecule has 102 valence electrons. The van der Waals surface area contributed by atoms with E-state index in [1.807, 2.05) is 6.07 Å². The second-order valence-corrected chi connectivity index (χ2v) is 5.20. The lowest BCUT2D eigenvalue weighted by Crippen LogP contribution is -2.06. The van der Waals surface area contributed by atoms with E-state index in [0.29, 0.717) is 12.2 Å². The van der Waals surface area contributed by atoms with E-state index in [1.54, 1.807) is 29.5 Å². The highest BCUT2D eigenvalue weighted by Gasteiger charge is 2.09. The molecule has 0 aliphatic carbocycles. The fraction of sp³-hybridized carbons (Fsp3) is 0.286. The summed E-state index contributed by atoms with van der Waals surface area (Å²) in [4.78, 5) is 2.48. The van der Waals surface area contributed by atoms with Crippen molar-refractivity contribution >= 4 is 17.0 Å². The number of halogens is 2. The van der Waals surface area contributed by atoms with Gasteiger partial charge in [-0.15, -0.1) is 11.3 Å². The van der Waals surface area contributed by atoms with Crippen LogP contribution in [0.4, 0.5) is 14.5 Å². The molecular weight excluding hydrogens is 268 g/mol. The van der Waals surface area contributed by atoms with Crippen molar-refractivity contribution in [3.05, 3.63) is 46.2 Å². The zero-order valence-electron chi connectivity index (χ0n) is 10.5. The van der Waals surface area contributed by atoms with E-state index in [4.69, 9.17) is 0 Å². The number of alkyl halides is 2. The highest BCUT2D eigenvalue weighted by molar-refractivity contribution is 7.12. The van der Waals surface area contributed by atoms with E-state index in [9.17, 15) is 8.78 Å². The summed E-state index contributed by atoms with van der Waals surface area (Å²) in [6.07, 6.45) is 1.01. The predicted octanol–water partition coefficient (Wildman–Crippen LogP) is 4.52. The summed E-state index contributed by atoms with van der Waals surface area (Å²) in [5, 5.41) is 3.12. The first kappa shape index (κ1) is 13.8. The van der Waals surface area contributed by atoms with Crippen molar-refractivity contribution in [1.82, 2.24) is 0 Å². The minimum Gasteiger partial charge on any atom is -0.433 e. The SMILES string of the molecule is CCc1ccc(CNc2ccccc2OC(F)F)s1. The predicted molar refractivity (Wildman–Crippen MR) is 74.1 cm³/mol. The molecule has 1 aromatic heterocycles. The zero-order chi connectivity index (χ0) is 13.7. The minimum atomic E-state index is -2.81. The van der Waals surface area contributed by atoms with Crippen LogP contribution < -0.4 is 10.1 Å². The fourth-order valence-electron chi connectivity index (χ4n) is 1.70. The van der Waals surface area contributed by atoms with Crippen molar-refractivity contribution in [1.29, 1.82) is 0 Å². The maximum Gasteiger partial charge on any atom is 0.387 e. The highest BCUT2D eigenvalue weighted by Crippen LogP contribution is 2.27. The zero-order valence-corrected chi connectivity index (χ0v) is 11.3. The summed E-state index contributed by atoms with van der Waals surface area (Å²) in [7, 11) is 0. The largest absolute Gasteiger partial charge is 0.433 e. The van der Waals surface area contributed by atoms with Crippen LogP contribution in [-0.4, -0.2) is 6.61 Å². The third-order valence-electron chi connectivity index (χ3n) is 2.62. The summed E-state index contributed by atoms with van der Waals surface area (Å²) >= 11 is 1.72. The number of para-hydroxylation sites is 2. The van der Waals surface area contributed by atoms with E-state index < -0.39 is 6.61 Å². The minimum absolute atomic E-state index is 0.171. The van der Waals surface area contributed by atoms with Crippen molar-refractivity contribution in [2.24, 2.45) is 0 Å². The number of aryl methyl sites for hydroxylation is 1. The lowest BCUT2D eigenvalue weighted by Gasteiger charge is -2.11. The van der Waals surface area contributed by atoms with Gasteiger partial charge in [-0.1, -0.05) is 19.1 Å². The molecule has 0 aliphatic rings. The molecule has 0 saturated heterocycles. The molecule has 0 unspecified atom stereocenters. The van der Waals surface area contributed by atoms with Gasteiger partial charge in [-0.25, -0.2) is 0 Å². The highest BCUT2D eigenvalue weighted by atomic mass is 32.1. The Hall–Kier alpha value is -1.62. The van der Waals surface area contributed by atoms with Crippen LogP contribution in [0.15, 0.2) is 36.4 Å². The van der Waals surface area contributed by atoms with Gasteiger partial charge in [-0.2, -0.15) is 8.78 Å². The summed E-state index contributed by atoms with van der Waals surface area (Å²) < 4.78 is 29.0. The quantitative estimate of drug-likeness (QED) is 0.841. The molecular formula is C14H15F2NOS. The fourth-order valence-corrected chi connectivity index (χ4v) is 2.60. The Bertz CT molecular complexity index is 528. The Balaban J connectivity index is 2.02. The van der Waals surface area contributed by atoms with E-state index >= 15 is 0 Å². The van der Waals surface area contributed by atoms with Crippen molar-refractivity contribution in [3.8, 4) is 5.75 Å². The summed E-state index contributed by atoms with van der Waals surface area (Å²) in [6.45, 7) is -0.0975. The second kappa shape index (κ2) is 6.52. The first-order valence-electron chi connectivity index (χ1n) is 6.04. The van der Waals surface area contributed by atoms with Gasteiger partial charge >= 0.3 is 6.61 Å². The van der Waals surface area contributed by atoms with Crippen LogP contribution in [0.1, 0.15) is 16.7 Å². The van der Waals surface area contributed by atoms with Crippen molar-refractivity contribution < 1.29 is 13.5 Å². The molecule has 5 heteroatoms. The average Bonchev–Trinajstić information content (AvgIpc) is 2.85. The van der Waals surface area contributed by atoms with Gasteiger partial charge in [0.2, 0.25) is 0 Å². The van der Waals surface area contributed by atoms with Gasteiger partial charge in [0.1, 0.15) is 5.75 Å². The smallest absolute Gasteiger partial charge is 0.387 e. The van der Waals surface area contributed by atoms with Gasteiger partial charge < -0.3 is 10.1 Å². The van der Waals surface area contributed by atoms with Gasteiger partial charge in [-0.3, -0.25) is 0 Å². The van der Waals surface area contributed by atoms with Gasteiger partial charge in [-0.05, 0) is 30.7 Å². The van der Waals surface area contributed by atoms with Crippen LogP contribution in [0.5, 0.6) is 5.75 Å². The Morgan fingerprint density at radius 3 is 2.58 bits per heavy atom. The molecule has 2 nitrogen and oxygen atoms in total. The summed E-state index contributed by atoms with van der Waals surface area (Å²) in [5.41, 5.74) is 0.578. The third-order valence-corrected chi connectivity index (χ3v) is 3.85. The van der Waals surface area contributed by atoms with Crippen LogP contribution in [0.3, 0.4) is 0 Å². The van der Waals surface area contributed by atoms with Crippen LogP contribution >= 0.6 is 11.3 Å². The summed E-state index contributed by atoms with van der Waals surface area (Å²) in [6, 6.07) is 10.8. The van der Waals surface area contributed by atoms with Crippen molar-refractivity contribution in [2.75, 3.05) is 5.32 Å². The number of nitrogens with one attached hydrogen (secondary N) is 1. The van der Waals surface area contributed by atoms with E-state index in [-0.39, 0.29) is 5.75 Å². The Kier molecular flexibility index (Phi) is 4.74. The monoisotopic (exact) mass is 283 g/mol. The molecule has 19 heavy (non-hydrogen) atoms. The van der Waals surface area contributed by atoms with Crippen LogP contribution in [-0.2, 0) is 13.0 Å². The van der Waals surface area contributed by atoms with Crippen LogP contribution in [0, 0.1) is 0 Å². The average molecular weight is 283 g/mol. The maximum atomic E-state index is 12.3. The molecule has 0 spiro atoms. The standard InChI is InChI=1S/C14H15F2NOS/c1-2-10-7-8-11(19-10)9-17-12-5-3-4-6-13(12)18-14(15)16/h3-8,14,17H,2,9H2,1H3. The van der Waals surface area contributed by atoms with Crippen molar-refractivity contribution in [3.63, 3.8) is 0 Å². The molecule has 2 aromatic rings. The third kappa shape index (κ3) is 3.92. The van der Waals surface area contributed by atoms with Gasteiger partial charge in [0.25, 0.3) is 0 Å². The number of benzene rings is 1. The van der Waals surface area contributed by atoms with E-state index in [2.05, 4.69) is 23.0 Å². The lowest BCUT2D eigenvalue weighted by molar-refractivity contribution is -0.0493. The topological polar surface area (TPSA) is 21.3 Å². The number of ether oxygens (including phenoxy) is 1.